The van der Waals surface area contributed by atoms with E-state index >= 15 is 0 Å². The third-order valence-corrected chi connectivity index (χ3v) is 2.84. The van der Waals surface area contributed by atoms with E-state index in [1.807, 2.05) is 6.07 Å². The number of nitrogens with two attached hydrogens (primary N) is 1. The van der Waals surface area contributed by atoms with Crippen molar-refractivity contribution in [2.75, 3.05) is 0 Å². The van der Waals surface area contributed by atoms with Crippen LogP contribution in [0, 0.1) is 17.1 Å². The average Bonchev–Trinajstić information content (AvgIpc) is 2.67. The van der Waals surface area contributed by atoms with E-state index in [0.29, 0.717) is 5.56 Å². The lowest BCUT2D eigenvalue weighted by Crippen LogP contribution is -2.33. The monoisotopic (exact) mass is 220 g/mol. The van der Waals surface area contributed by atoms with E-state index in [2.05, 4.69) is 0 Å². The number of halogens is 1. The smallest absolute Gasteiger partial charge is 0.166 e. The molecule has 1 aromatic carbocycles. The summed E-state index contributed by atoms with van der Waals surface area (Å²) >= 11 is 0. The molecule has 2 atom stereocenters. The Kier molecular flexibility index (Phi) is 3.07. The molecular weight excluding hydrogens is 207 g/mol. The molecule has 1 aliphatic carbocycles. The minimum absolute atomic E-state index is 0.0185. The quantitative estimate of drug-likeness (QED) is 0.828. The van der Waals surface area contributed by atoms with Gasteiger partial charge in [0.05, 0.1) is 11.6 Å². The fourth-order valence-corrected chi connectivity index (χ4v) is 1.93. The van der Waals surface area contributed by atoms with Crippen LogP contribution < -0.4 is 10.5 Å². The lowest BCUT2D eigenvalue weighted by molar-refractivity contribution is 0.183. The van der Waals surface area contributed by atoms with Crippen LogP contribution >= 0.6 is 0 Å². The van der Waals surface area contributed by atoms with Crippen LogP contribution in [0.3, 0.4) is 0 Å². The summed E-state index contributed by atoms with van der Waals surface area (Å²) in [6.07, 6.45) is 2.69. The standard InChI is InChI=1S/C12H13FN2O/c13-9-6-8(7-14)4-5-11(9)16-12-3-1-2-10(12)15/h4-6,10,12H,1-3,15H2. The Balaban J connectivity index is 2.13. The molecule has 2 N–H and O–H groups in total. The molecule has 2 unspecified atom stereocenters. The van der Waals surface area contributed by atoms with Gasteiger partial charge in [0, 0.05) is 6.04 Å². The molecule has 4 heteroatoms. The first kappa shape index (κ1) is 10.9. The number of ether oxygens (including phenoxy) is 1. The third-order valence-electron chi connectivity index (χ3n) is 2.84. The first-order valence-electron chi connectivity index (χ1n) is 5.32. The number of rotatable bonds is 2. The molecule has 16 heavy (non-hydrogen) atoms. The van der Waals surface area contributed by atoms with E-state index < -0.39 is 5.82 Å². The fourth-order valence-electron chi connectivity index (χ4n) is 1.93. The van der Waals surface area contributed by atoms with Gasteiger partial charge >= 0.3 is 0 Å². The SMILES string of the molecule is N#Cc1ccc(OC2CCCC2N)c(F)c1. The highest BCUT2D eigenvalue weighted by Gasteiger charge is 2.26. The van der Waals surface area contributed by atoms with E-state index in [1.54, 1.807) is 6.07 Å². The normalized spacial score (nSPS) is 24.1. The molecule has 0 bridgehead atoms. The zero-order valence-corrected chi connectivity index (χ0v) is 8.82. The molecular formula is C12H13FN2O. The van der Waals surface area contributed by atoms with Crippen LogP contribution in [-0.4, -0.2) is 12.1 Å². The number of hydrogen-bond acceptors (Lipinski definition) is 3. The Hall–Kier alpha value is -1.60. The van der Waals surface area contributed by atoms with Gasteiger partial charge in [-0.25, -0.2) is 4.39 Å². The first-order valence-corrected chi connectivity index (χ1v) is 5.32. The molecule has 0 amide bonds. The van der Waals surface area contributed by atoms with E-state index in [-0.39, 0.29) is 17.9 Å². The maximum atomic E-state index is 13.5. The first-order chi connectivity index (χ1) is 7.70. The molecule has 0 aromatic heterocycles. The molecule has 0 spiro atoms. The summed E-state index contributed by atoms with van der Waals surface area (Å²) in [4.78, 5) is 0. The molecule has 0 radical (unpaired) electrons. The van der Waals surface area contributed by atoms with Crippen molar-refractivity contribution in [2.24, 2.45) is 5.73 Å². The van der Waals surface area contributed by atoms with Crippen LogP contribution in [0.2, 0.25) is 0 Å². The van der Waals surface area contributed by atoms with E-state index in [9.17, 15) is 4.39 Å². The zero-order chi connectivity index (χ0) is 11.5. The highest BCUT2D eigenvalue weighted by molar-refractivity contribution is 5.36. The van der Waals surface area contributed by atoms with E-state index in [1.165, 1.54) is 12.1 Å². The maximum Gasteiger partial charge on any atom is 0.166 e. The highest BCUT2D eigenvalue weighted by atomic mass is 19.1. The Bertz CT molecular complexity index is 428. The Morgan fingerprint density at radius 3 is 2.81 bits per heavy atom. The van der Waals surface area contributed by atoms with Crippen LogP contribution in [0.4, 0.5) is 4.39 Å². The third kappa shape index (κ3) is 2.15. The fraction of sp³-hybridized carbons (Fsp3) is 0.417. The van der Waals surface area contributed by atoms with Crippen LogP contribution in [0.15, 0.2) is 18.2 Å². The van der Waals surface area contributed by atoms with Crippen molar-refractivity contribution in [3.8, 4) is 11.8 Å². The number of hydrogen-bond donors (Lipinski definition) is 1. The predicted octanol–water partition coefficient (Wildman–Crippen LogP) is 1.96. The highest BCUT2D eigenvalue weighted by Crippen LogP contribution is 2.25. The van der Waals surface area contributed by atoms with Crippen molar-refractivity contribution in [3.05, 3.63) is 29.6 Å². The van der Waals surface area contributed by atoms with Crippen LogP contribution in [0.5, 0.6) is 5.75 Å². The predicted molar refractivity (Wildman–Crippen MR) is 57.4 cm³/mol. The molecule has 84 valence electrons. The molecule has 2 rings (SSSR count). The average molecular weight is 220 g/mol. The molecule has 3 nitrogen and oxygen atoms in total. The van der Waals surface area contributed by atoms with Crippen LogP contribution in [-0.2, 0) is 0 Å². The molecule has 0 heterocycles. The second-order valence-corrected chi connectivity index (χ2v) is 4.01. The van der Waals surface area contributed by atoms with E-state index in [0.717, 1.165) is 19.3 Å². The summed E-state index contributed by atoms with van der Waals surface area (Å²) in [6, 6.07) is 6.06. The van der Waals surface area contributed by atoms with Crippen LogP contribution in [0.1, 0.15) is 24.8 Å². The van der Waals surface area contributed by atoms with Crippen LogP contribution in [0.25, 0.3) is 0 Å². The van der Waals surface area contributed by atoms with Crippen molar-refractivity contribution in [2.45, 2.75) is 31.4 Å². The summed E-state index contributed by atoms with van der Waals surface area (Å²) in [5.74, 6) is -0.320. The molecule has 0 aliphatic heterocycles. The van der Waals surface area contributed by atoms with Crippen molar-refractivity contribution < 1.29 is 9.13 Å². The minimum atomic E-state index is -0.502. The molecule has 1 aliphatic rings. The topological polar surface area (TPSA) is 59.0 Å². The molecule has 1 fully saturated rings. The Morgan fingerprint density at radius 1 is 1.44 bits per heavy atom. The summed E-state index contributed by atoms with van der Waals surface area (Å²) in [6.45, 7) is 0. The second-order valence-electron chi connectivity index (χ2n) is 4.01. The van der Waals surface area contributed by atoms with Crippen molar-refractivity contribution in [3.63, 3.8) is 0 Å². The molecule has 1 aromatic rings. The summed E-state index contributed by atoms with van der Waals surface area (Å²) in [5.41, 5.74) is 6.13. The lowest BCUT2D eigenvalue weighted by atomic mass is 10.2. The van der Waals surface area contributed by atoms with Gasteiger partial charge in [0.1, 0.15) is 6.10 Å². The van der Waals surface area contributed by atoms with Crippen molar-refractivity contribution >= 4 is 0 Å². The number of nitriles is 1. The molecule has 1 saturated carbocycles. The van der Waals surface area contributed by atoms with Gasteiger partial charge in [0.25, 0.3) is 0 Å². The van der Waals surface area contributed by atoms with Gasteiger partial charge in [-0.1, -0.05) is 0 Å². The minimum Gasteiger partial charge on any atom is -0.486 e. The largest absolute Gasteiger partial charge is 0.486 e. The lowest BCUT2D eigenvalue weighted by Gasteiger charge is -2.18. The second kappa shape index (κ2) is 4.50. The Morgan fingerprint density at radius 2 is 2.25 bits per heavy atom. The summed E-state index contributed by atoms with van der Waals surface area (Å²) < 4.78 is 19.0. The Labute approximate surface area is 93.6 Å². The van der Waals surface area contributed by atoms with Crippen molar-refractivity contribution in [1.82, 2.24) is 0 Å². The van der Waals surface area contributed by atoms with Gasteiger partial charge in [-0.2, -0.15) is 5.26 Å². The summed E-state index contributed by atoms with van der Waals surface area (Å²) in [5, 5.41) is 8.60. The van der Waals surface area contributed by atoms with Gasteiger partial charge in [0.15, 0.2) is 11.6 Å². The van der Waals surface area contributed by atoms with Crippen molar-refractivity contribution in [1.29, 1.82) is 5.26 Å². The van der Waals surface area contributed by atoms with E-state index in [4.69, 9.17) is 15.7 Å². The zero-order valence-electron chi connectivity index (χ0n) is 8.82. The van der Waals surface area contributed by atoms with Gasteiger partial charge in [0.2, 0.25) is 0 Å². The van der Waals surface area contributed by atoms with Gasteiger partial charge in [-0.05, 0) is 37.5 Å². The summed E-state index contributed by atoms with van der Waals surface area (Å²) in [7, 11) is 0. The molecule has 0 saturated heterocycles. The van der Waals surface area contributed by atoms with Gasteiger partial charge < -0.3 is 10.5 Å². The maximum absolute atomic E-state index is 13.5. The van der Waals surface area contributed by atoms with Gasteiger partial charge in [-0.3, -0.25) is 0 Å². The van der Waals surface area contributed by atoms with Gasteiger partial charge in [-0.15, -0.1) is 0 Å². The number of benzene rings is 1. The number of nitrogens with zero attached hydrogens (tertiary/aromatic N) is 1.